The van der Waals surface area contributed by atoms with Crippen LogP contribution in [0, 0.1) is 5.82 Å². The molecule has 0 fully saturated rings. The zero-order chi connectivity index (χ0) is 18.8. The summed E-state index contributed by atoms with van der Waals surface area (Å²) in [5.74, 6) is 0.361. The SMILES string of the molecule is CN=C(NCCCCCC(=O)OC)NCCc1c[nH]c2cc(F)ccc12.I. The van der Waals surface area contributed by atoms with Crippen molar-refractivity contribution in [3.05, 3.63) is 35.8 Å². The highest BCUT2D eigenvalue weighted by Gasteiger charge is 2.05. The van der Waals surface area contributed by atoms with E-state index in [2.05, 4.69) is 25.3 Å². The Morgan fingerprint density at radius 1 is 1.22 bits per heavy atom. The maximum Gasteiger partial charge on any atom is 0.305 e. The lowest BCUT2D eigenvalue weighted by Crippen LogP contribution is -2.38. The van der Waals surface area contributed by atoms with Crippen LogP contribution in [0.2, 0.25) is 0 Å². The van der Waals surface area contributed by atoms with Crippen molar-refractivity contribution in [3.8, 4) is 0 Å². The highest BCUT2D eigenvalue weighted by Crippen LogP contribution is 2.19. The van der Waals surface area contributed by atoms with Crippen molar-refractivity contribution >= 4 is 46.8 Å². The van der Waals surface area contributed by atoms with Gasteiger partial charge in [-0.15, -0.1) is 24.0 Å². The van der Waals surface area contributed by atoms with Crippen LogP contribution in [0.4, 0.5) is 4.39 Å². The fourth-order valence-corrected chi connectivity index (χ4v) is 2.78. The molecule has 2 rings (SSSR count). The fraction of sp³-hybridized carbons (Fsp3) is 0.474. The number of rotatable bonds is 9. The number of carbonyl (C=O) groups excluding carboxylic acids is 1. The molecule has 0 saturated carbocycles. The zero-order valence-electron chi connectivity index (χ0n) is 15.8. The first-order valence-corrected chi connectivity index (χ1v) is 8.91. The Bertz CT molecular complexity index is 748. The topological polar surface area (TPSA) is 78.5 Å². The van der Waals surface area contributed by atoms with Gasteiger partial charge in [-0.1, -0.05) is 6.42 Å². The molecule has 0 spiro atoms. The minimum absolute atomic E-state index is 0. The number of benzene rings is 1. The highest BCUT2D eigenvalue weighted by molar-refractivity contribution is 14.0. The second-order valence-electron chi connectivity index (χ2n) is 6.07. The quantitative estimate of drug-likeness (QED) is 0.166. The van der Waals surface area contributed by atoms with Gasteiger partial charge in [-0.2, -0.15) is 0 Å². The molecular formula is C19H28FIN4O2. The smallest absolute Gasteiger partial charge is 0.305 e. The van der Waals surface area contributed by atoms with Crippen molar-refractivity contribution in [2.75, 3.05) is 27.2 Å². The fourth-order valence-electron chi connectivity index (χ4n) is 2.78. The molecule has 0 aliphatic carbocycles. The molecule has 0 bridgehead atoms. The van der Waals surface area contributed by atoms with Crippen molar-refractivity contribution in [1.29, 1.82) is 0 Å². The van der Waals surface area contributed by atoms with Gasteiger partial charge < -0.3 is 20.4 Å². The molecule has 1 aromatic carbocycles. The van der Waals surface area contributed by atoms with Crippen molar-refractivity contribution in [3.63, 3.8) is 0 Å². The van der Waals surface area contributed by atoms with E-state index in [4.69, 9.17) is 0 Å². The van der Waals surface area contributed by atoms with E-state index in [0.29, 0.717) is 6.42 Å². The van der Waals surface area contributed by atoms with E-state index in [1.54, 1.807) is 13.1 Å². The van der Waals surface area contributed by atoms with Crippen LogP contribution in [0.5, 0.6) is 0 Å². The Labute approximate surface area is 176 Å². The van der Waals surface area contributed by atoms with Crippen LogP contribution in [-0.4, -0.2) is 44.2 Å². The summed E-state index contributed by atoms with van der Waals surface area (Å²) in [5.41, 5.74) is 1.96. The van der Waals surface area contributed by atoms with Gasteiger partial charge in [-0.25, -0.2) is 4.39 Å². The van der Waals surface area contributed by atoms with Crippen LogP contribution >= 0.6 is 24.0 Å². The van der Waals surface area contributed by atoms with Gasteiger partial charge in [-0.3, -0.25) is 9.79 Å². The number of aliphatic imine (C=N–C) groups is 1. The Balaban J connectivity index is 0.00000364. The molecule has 150 valence electrons. The minimum atomic E-state index is -0.236. The van der Waals surface area contributed by atoms with Gasteiger partial charge in [-0.05, 0) is 43.0 Å². The van der Waals surface area contributed by atoms with Crippen molar-refractivity contribution < 1.29 is 13.9 Å². The van der Waals surface area contributed by atoms with E-state index in [-0.39, 0.29) is 35.8 Å². The van der Waals surface area contributed by atoms with Gasteiger partial charge >= 0.3 is 5.97 Å². The average molecular weight is 490 g/mol. The maximum atomic E-state index is 13.2. The summed E-state index contributed by atoms with van der Waals surface area (Å²) in [5, 5.41) is 7.58. The molecule has 0 amide bonds. The lowest BCUT2D eigenvalue weighted by Gasteiger charge is -2.11. The molecule has 0 saturated heterocycles. The molecule has 0 radical (unpaired) electrons. The van der Waals surface area contributed by atoms with E-state index < -0.39 is 0 Å². The maximum absolute atomic E-state index is 13.2. The molecule has 27 heavy (non-hydrogen) atoms. The van der Waals surface area contributed by atoms with Crippen LogP contribution in [-0.2, 0) is 16.0 Å². The number of H-pyrrole nitrogens is 1. The number of aromatic nitrogens is 1. The molecular weight excluding hydrogens is 462 g/mol. The molecule has 0 aliphatic heterocycles. The number of methoxy groups -OCH3 is 1. The molecule has 8 heteroatoms. The standard InChI is InChI=1S/C19H27FN4O2.HI/c1-21-19(22-10-5-3-4-6-18(25)26-2)23-11-9-14-13-24-17-12-15(20)7-8-16(14)17;/h7-8,12-13,24H,3-6,9-11H2,1-2H3,(H2,21,22,23);1H. The van der Waals surface area contributed by atoms with Gasteiger partial charge in [0.2, 0.25) is 0 Å². The number of nitrogens with zero attached hydrogens (tertiary/aromatic N) is 1. The summed E-state index contributed by atoms with van der Waals surface area (Å²) >= 11 is 0. The van der Waals surface area contributed by atoms with Crippen LogP contribution in [0.15, 0.2) is 29.4 Å². The van der Waals surface area contributed by atoms with Gasteiger partial charge in [0.25, 0.3) is 0 Å². The highest BCUT2D eigenvalue weighted by atomic mass is 127. The molecule has 0 atom stereocenters. The Kier molecular flexibility index (Phi) is 10.8. The molecule has 0 unspecified atom stereocenters. The molecule has 2 aromatic rings. The summed E-state index contributed by atoms with van der Waals surface area (Å²) in [6.45, 7) is 1.53. The number of hydrogen-bond acceptors (Lipinski definition) is 3. The first-order chi connectivity index (χ1) is 12.6. The summed E-state index contributed by atoms with van der Waals surface area (Å²) in [6.07, 6.45) is 5.96. The molecule has 6 nitrogen and oxygen atoms in total. The Morgan fingerprint density at radius 2 is 2.00 bits per heavy atom. The number of fused-ring (bicyclic) bond motifs is 1. The number of unbranched alkanes of at least 4 members (excludes halogenated alkanes) is 2. The second kappa shape index (κ2) is 12.5. The minimum Gasteiger partial charge on any atom is -0.469 e. The number of nitrogens with one attached hydrogen (secondary N) is 3. The van der Waals surface area contributed by atoms with Crippen molar-refractivity contribution in [2.45, 2.75) is 32.1 Å². The van der Waals surface area contributed by atoms with Crippen molar-refractivity contribution in [2.24, 2.45) is 4.99 Å². The predicted octanol–water partition coefficient (Wildman–Crippen LogP) is 3.37. The number of ether oxygens (including phenoxy) is 1. The number of halogens is 2. The van der Waals surface area contributed by atoms with Crippen LogP contribution < -0.4 is 10.6 Å². The largest absolute Gasteiger partial charge is 0.469 e. The van der Waals surface area contributed by atoms with Gasteiger partial charge in [0.05, 0.1) is 7.11 Å². The monoisotopic (exact) mass is 490 g/mol. The third kappa shape index (κ3) is 7.74. The molecule has 3 N–H and O–H groups in total. The van der Waals surface area contributed by atoms with Gasteiger partial charge in [0, 0.05) is 43.7 Å². The zero-order valence-corrected chi connectivity index (χ0v) is 18.1. The molecule has 0 aliphatic rings. The average Bonchev–Trinajstić information content (AvgIpc) is 3.04. The number of hydrogen-bond donors (Lipinski definition) is 3. The summed E-state index contributed by atoms with van der Waals surface area (Å²) in [7, 11) is 3.15. The summed E-state index contributed by atoms with van der Waals surface area (Å²) in [4.78, 5) is 18.3. The number of carbonyl (C=O) groups is 1. The van der Waals surface area contributed by atoms with Crippen LogP contribution in [0.1, 0.15) is 31.2 Å². The van der Waals surface area contributed by atoms with E-state index in [0.717, 1.165) is 61.2 Å². The van der Waals surface area contributed by atoms with Gasteiger partial charge in [0.1, 0.15) is 5.82 Å². The Morgan fingerprint density at radius 3 is 2.74 bits per heavy atom. The number of esters is 1. The lowest BCUT2D eigenvalue weighted by molar-refractivity contribution is -0.140. The van der Waals surface area contributed by atoms with Crippen LogP contribution in [0.25, 0.3) is 10.9 Å². The Hall–Kier alpha value is -1.84. The summed E-state index contributed by atoms with van der Waals surface area (Å²) < 4.78 is 17.8. The first kappa shape index (κ1) is 23.2. The number of guanidine groups is 1. The third-order valence-corrected chi connectivity index (χ3v) is 4.22. The van der Waals surface area contributed by atoms with E-state index >= 15 is 0 Å². The number of aromatic amines is 1. The van der Waals surface area contributed by atoms with Crippen LogP contribution in [0.3, 0.4) is 0 Å². The normalized spacial score (nSPS) is 11.1. The van der Waals surface area contributed by atoms with E-state index in [1.165, 1.54) is 19.2 Å². The summed E-state index contributed by atoms with van der Waals surface area (Å²) in [6, 6.07) is 4.79. The van der Waals surface area contributed by atoms with Crippen molar-refractivity contribution in [1.82, 2.24) is 15.6 Å². The lowest BCUT2D eigenvalue weighted by atomic mass is 10.1. The second-order valence-corrected chi connectivity index (χ2v) is 6.07. The molecule has 1 aromatic heterocycles. The van der Waals surface area contributed by atoms with E-state index in [1.807, 2.05) is 6.20 Å². The third-order valence-electron chi connectivity index (χ3n) is 4.22. The molecule has 1 heterocycles. The van der Waals surface area contributed by atoms with E-state index in [9.17, 15) is 9.18 Å². The predicted molar refractivity (Wildman–Crippen MR) is 117 cm³/mol. The first-order valence-electron chi connectivity index (χ1n) is 8.91. The van der Waals surface area contributed by atoms with Gasteiger partial charge in [0.15, 0.2) is 5.96 Å².